The number of aliphatic hydroxyl groups excluding tert-OH is 1. The van der Waals surface area contributed by atoms with E-state index in [0.717, 1.165) is 24.8 Å². The molecule has 0 spiro atoms. The molecule has 1 aliphatic rings. The lowest BCUT2D eigenvalue weighted by molar-refractivity contribution is 0.158. The van der Waals surface area contributed by atoms with Gasteiger partial charge in [0.2, 0.25) is 0 Å². The van der Waals surface area contributed by atoms with Crippen LogP contribution >= 0.6 is 0 Å². The van der Waals surface area contributed by atoms with Gasteiger partial charge < -0.3 is 10.4 Å². The molecule has 0 aromatic carbocycles. The van der Waals surface area contributed by atoms with Crippen molar-refractivity contribution in [1.82, 2.24) is 5.32 Å². The highest BCUT2D eigenvalue weighted by atomic mass is 16.3. The van der Waals surface area contributed by atoms with Gasteiger partial charge in [0.05, 0.1) is 6.10 Å². The van der Waals surface area contributed by atoms with Crippen molar-refractivity contribution in [3.63, 3.8) is 0 Å². The van der Waals surface area contributed by atoms with Crippen LogP contribution in [-0.2, 0) is 0 Å². The molecule has 5 unspecified atom stereocenters. The molecule has 0 bridgehead atoms. The molecule has 96 valence electrons. The van der Waals surface area contributed by atoms with Gasteiger partial charge in [-0.25, -0.2) is 0 Å². The van der Waals surface area contributed by atoms with Gasteiger partial charge in [-0.05, 0) is 56.9 Å². The van der Waals surface area contributed by atoms with E-state index in [9.17, 15) is 5.11 Å². The molecule has 0 radical (unpaired) electrons. The van der Waals surface area contributed by atoms with Gasteiger partial charge in [0, 0.05) is 6.04 Å². The zero-order valence-corrected chi connectivity index (χ0v) is 11.4. The largest absolute Gasteiger partial charge is 0.393 e. The van der Waals surface area contributed by atoms with E-state index in [1.165, 1.54) is 19.3 Å². The van der Waals surface area contributed by atoms with Crippen molar-refractivity contribution < 1.29 is 5.11 Å². The fraction of sp³-hybridized carbons (Fsp3) is 1.00. The van der Waals surface area contributed by atoms with Crippen molar-refractivity contribution in [2.24, 2.45) is 17.8 Å². The molecular weight excluding hydrogens is 198 g/mol. The van der Waals surface area contributed by atoms with Gasteiger partial charge in [-0.3, -0.25) is 0 Å². The van der Waals surface area contributed by atoms with Crippen LogP contribution in [0.3, 0.4) is 0 Å². The van der Waals surface area contributed by atoms with E-state index in [-0.39, 0.29) is 6.10 Å². The normalized spacial score (nSPS) is 34.7. The molecule has 0 aromatic heterocycles. The zero-order chi connectivity index (χ0) is 12.1. The Hall–Kier alpha value is -0.0800. The molecule has 0 amide bonds. The minimum absolute atomic E-state index is 0.165. The monoisotopic (exact) mass is 227 g/mol. The quantitative estimate of drug-likeness (QED) is 0.757. The van der Waals surface area contributed by atoms with Crippen molar-refractivity contribution in [3.05, 3.63) is 0 Å². The average molecular weight is 227 g/mol. The number of hydrogen-bond acceptors (Lipinski definition) is 2. The summed E-state index contributed by atoms with van der Waals surface area (Å²) < 4.78 is 0. The zero-order valence-electron chi connectivity index (χ0n) is 11.4. The van der Waals surface area contributed by atoms with E-state index >= 15 is 0 Å². The lowest BCUT2D eigenvalue weighted by atomic mass is 9.79. The molecule has 2 N–H and O–H groups in total. The van der Waals surface area contributed by atoms with Gasteiger partial charge in [-0.2, -0.15) is 0 Å². The van der Waals surface area contributed by atoms with Crippen LogP contribution in [0.2, 0.25) is 0 Å². The van der Waals surface area contributed by atoms with Crippen LogP contribution < -0.4 is 5.32 Å². The third-order valence-corrected chi connectivity index (χ3v) is 4.10. The summed E-state index contributed by atoms with van der Waals surface area (Å²) in [7, 11) is 0. The first kappa shape index (κ1) is 14.0. The summed E-state index contributed by atoms with van der Waals surface area (Å²) in [5.41, 5.74) is 0. The predicted molar refractivity (Wildman–Crippen MR) is 69.4 cm³/mol. The van der Waals surface area contributed by atoms with Crippen LogP contribution in [0.25, 0.3) is 0 Å². The predicted octanol–water partition coefficient (Wildman–Crippen LogP) is 2.81. The smallest absolute Gasteiger partial charge is 0.0515 e. The average Bonchev–Trinajstić information content (AvgIpc) is 2.19. The Morgan fingerprint density at radius 3 is 2.44 bits per heavy atom. The van der Waals surface area contributed by atoms with E-state index in [4.69, 9.17) is 0 Å². The third-order valence-electron chi connectivity index (χ3n) is 4.10. The highest BCUT2D eigenvalue weighted by Gasteiger charge is 2.24. The Balaban J connectivity index is 2.18. The summed E-state index contributed by atoms with van der Waals surface area (Å²) in [5.74, 6) is 2.33. The highest BCUT2D eigenvalue weighted by Crippen LogP contribution is 2.29. The van der Waals surface area contributed by atoms with Crippen molar-refractivity contribution in [1.29, 1.82) is 0 Å². The van der Waals surface area contributed by atoms with Crippen LogP contribution in [0, 0.1) is 17.8 Å². The van der Waals surface area contributed by atoms with E-state index in [0.29, 0.717) is 12.0 Å². The molecule has 0 aliphatic heterocycles. The Labute approximate surface area is 101 Å². The molecule has 5 atom stereocenters. The van der Waals surface area contributed by atoms with Gasteiger partial charge in [-0.1, -0.05) is 20.8 Å². The van der Waals surface area contributed by atoms with Crippen molar-refractivity contribution in [2.45, 2.75) is 65.5 Å². The Morgan fingerprint density at radius 1 is 1.19 bits per heavy atom. The minimum atomic E-state index is -0.165. The van der Waals surface area contributed by atoms with Gasteiger partial charge >= 0.3 is 0 Å². The van der Waals surface area contributed by atoms with Crippen molar-refractivity contribution in [3.8, 4) is 0 Å². The van der Waals surface area contributed by atoms with Crippen LogP contribution in [0.15, 0.2) is 0 Å². The first-order valence-electron chi connectivity index (χ1n) is 6.90. The number of hydrogen-bond donors (Lipinski definition) is 2. The summed E-state index contributed by atoms with van der Waals surface area (Å²) in [4.78, 5) is 0. The topological polar surface area (TPSA) is 32.3 Å². The summed E-state index contributed by atoms with van der Waals surface area (Å²) in [5, 5.41) is 13.0. The Bertz CT molecular complexity index is 193. The third kappa shape index (κ3) is 4.84. The first-order valence-corrected chi connectivity index (χ1v) is 6.90. The first-order chi connectivity index (χ1) is 7.49. The molecule has 2 heteroatoms. The lowest BCUT2D eigenvalue weighted by Gasteiger charge is -2.33. The summed E-state index contributed by atoms with van der Waals surface area (Å²) >= 11 is 0. The van der Waals surface area contributed by atoms with E-state index < -0.39 is 0 Å². The van der Waals surface area contributed by atoms with Gasteiger partial charge in [0.25, 0.3) is 0 Å². The Morgan fingerprint density at radius 2 is 1.88 bits per heavy atom. The number of rotatable bonds is 5. The maximum Gasteiger partial charge on any atom is 0.0515 e. The molecule has 0 aromatic rings. The molecule has 0 heterocycles. The molecule has 1 saturated carbocycles. The van der Waals surface area contributed by atoms with Crippen molar-refractivity contribution in [2.75, 3.05) is 6.54 Å². The fourth-order valence-corrected chi connectivity index (χ4v) is 2.77. The van der Waals surface area contributed by atoms with Crippen LogP contribution in [0.5, 0.6) is 0 Å². The number of aliphatic hydroxyl groups is 1. The lowest BCUT2D eigenvalue weighted by Crippen LogP contribution is -2.38. The standard InChI is InChI=1S/C14H29NO/c1-10(7-13(4)16)9-15-14-6-5-11(2)12(3)8-14/h10-16H,5-9H2,1-4H3. The molecular formula is C14H29NO. The fourth-order valence-electron chi connectivity index (χ4n) is 2.77. The van der Waals surface area contributed by atoms with Crippen LogP contribution in [-0.4, -0.2) is 23.8 Å². The van der Waals surface area contributed by atoms with Crippen LogP contribution in [0.1, 0.15) is 53.4 Å². The highest BCUT2D eigenvalue weighted by molar-refractivity contribution is 4.80. The summed E-state index contributed by atoms with van der Waals surface area (Å²) in [6.07, 6.45) is 4.76. The van der Waals surface area contributed by atoms with E-state index in [2.05, 4.69) is 26.1 Å². The van der Waals surface area contributed by atoms with E-state index in [1.807, 2.05) is 6.92 Å². The molecule has 1 fully saturated rings. The Kier molecular flexibility index (Phi) is 5.77. The van der Waals surface area contributed by atoms with Crippen LogP contribution in [0.4, 0.5) is 0 Å². The second-order valence-corrected chi connectivity index (χ2v) is 6.06. The number of nitrogens with one attached hydrogen (secondary N) is 1. The SMILES string of the molecule is CC(O)CC(C)CNC1CCC(C)C(C)C1. The van der Waals surface area contributed by atoms with Crippen molar-refractivity contribution >= 4 is 0 Å². The molecule has 1 rings (SSSR count). The molecule has 2 nitrogen and oxygen atoms in total. The minimum Gasteiger partial charge on any atom is -0.393 e. The van der Waals surface area contributed by atoms with Gasteiger partial charge in [0.15, 0.2) is 0 Å². The summed E-state index contributed by atoms with van der Waals surface area (Å²) in [6, 6.07) is 0.711. The second kappa shape index (κ2) is 6.61. The molecule has 16 heavy (non-hydrogen) atoms. The summed E-state index contributed by atoms with van der Waals surface area (Å²) in [6.45, 7) is 9.89. The van der Waals surface area contributed by atoms with E-state index in [1.54, 1.807) is 0 Å². The maximum absolute atomic E-state index is 9.31. The molecule has 0 saturated heterocycles. The van der Waals surface area contributed by atoms with Gasteiger partial charge in [0.1, 0.15) is 0 Å². The van der Waals surface area contributed by atoms with Gasteiger partial charge in [-0.15, -0.1) is 0 Å². The maximum atomic E-state index is 9.31. The second-order valence-electron chi connectivity index (χ2n) is 6.06. The molecule has 1 aliphatic carbocycles.